The monoisotopic (exact) mass is 350 g/mol. The van der Waals surface area contributed by atoms with Gasteiger partial charge in [-0.3, -0.25) is 9.59 Å². The minimum atomic E-state index is -0.767. The molecule has 26 heavy (non-hydrogen) atoms. The van der Waals surface area contributed by atoms with Gasteiger partial charge >= 0.3 is 0 Å². The minimum Gasteiger partial charge on any atom is -0.468 e. The Morgan fingerprint density at radius 1 is 1.19 bits per heavy atom. The van der Waals surface area contributed by atoms with Gasteiger partial charge in [-0.1, -0.05) is 36.4 Å². The summed E-state index contributed by atoms with van der Waals surface area (Å²) in [7, 11) is 0. The Bertz CT molecular complexity index is 851. The number of benzene rings is 2. The molecule has 0 aliphatic carbocycles. The van der Waals surface area contributed by atoms with Gasteiger partial charge < -0.3 is 15.0 Å². The number of fused-ring (bicyclic) bond motifs is 4. The minimum absolute atomic E-state index is 0.167. The molecule has 2 bridgehead atoms. The lowest BCUT2D eigenvalue weighted by atomic mass is 9.74. The van der Waals surface area contributed by atoms with Crippen LogP contribution in [0.1, 0.15) is 31.7 Å². The van der Waals surface area contributed by atoms with Crippen LogP contribution < -0.4 is 15.0 Å². The van der Waals surface area contributed by atoms with Gasteiger partial charge in [0.25, 0.3) is 0 Å². The number of hydrogen-bond acceptors (Lipinski definition) is 3. The number of nitrogens with zero attached hydrogens (tertiary/aromatic N) is 1. The third-order valence-corrected chi connectivity index (χ3v) is 5.25. The highest BCUT2D eigenvalue weighted by Crippen LogP contribution is 2.47. The molecule has 0 spiro atoms. The van der Waals surface area contributed by atoms with E-state index in [2.05, 4.69) is 5.32 Å². The van der Waals surface area contributed by atoms with E-state index in [0.29, 0.717) is 13.0 Å². The predicted octanol–water partition coefficient (Wildman–Crippen LogP) is 3.07. The van der Waals surface area contributed by atoms with E-state index in [1.165, 1.54) is 0 Å². The van der Waals surface area contributed by atoms with E-state index in [1.54, 1.807) is 4.90 Å². The highest BCUT2D eigenvalue weighted by Gasteiger charge is 2.52. The molecule has 0 saturated carbocycles. The smallest absolute Gasteiger partial charge is 0.240 e. The molecule has 2 amide bonds. The highest BCUT2D eigenvalue weighted by molar-refractivity contribution is 6.09. The first kappa shape index (κ1) is 16.6. The molecule has 1 fully saturated rings. The average Bonchev–Trinajstić information content (AvgIpc) is 2.62. The summed E-state index contributed by atoms with van der Waals surface area (Å²) in [6, 6.07) is 17.2. The molecule has 1 N–H and O–H groups in total. The van der Waals surface area contributed by atoms with Gasteiger partial charge in [0, 0.05) is 24.6 Å². The van der Waals surface area contributed by atoms with Crippen LogP contribution in [0.3, 0.4) is 0 Å². The maximum atomic E-state index is 13.4. The number of hydrogen-bond donors (Lipinski definition) is 1. The van der Waals surface area contributed by atoms with Crippen LogP contribution in [0.25, 0.3) is 0 Å². The lowest BCUT2D eigenvalue weighted by molar-refractivity contribution is -0.146. The number of anilines is 1. The molecule has 5 heteroatoms. The van der Waals surface area contributed by atoms with Crippen LogP contribution >= 0.6 is 0 Å². The molecule has 2 aromatic carbocycles. The van der Waals surface area contributed by atoms with Crippen molar-refractivity contribution < 1.29 is 14.3 Å². The van der Waals surface area contributed by atoms with E-state index < -0.39 is 11.6 Å². The Kier molecular flexibility index (Phi) is 3.94. The quantitative estimate of drug-likeness (QED) is 0.866. The molecule has 2 aliphatic rings. The van der Waals surface area contributed by atoms with Crippen LogP contribution in [0.4, 0.5) is 5.69 Å². The molecular weight excluding hydrogens is 328 g/mol. The SMILES string of the molecule is CCN(C(=O)[C@H]1C(=O)N[C@]2(C)C[C@H]1c1ccccc1O2)c1ccccc1. The number of piperidine rings is 1. The molecule has 0 unspecified atom stereocenters. The Labute approximate surface area is 153 Å². The highest BCUT2D eigenvalue weighted by atomic mass is 16.5. The molecular formula is C21H22N2O3. The first-order chi connectivity index (χ1) is 12.5. The normalized spacial score (nSPS) is 26.3. The first-order valence-electron chi connectivity index (χ1n) is 8.99. The van der Waals surface area contributed by atoms with Gasteiger partial charge in [-0.25, -0.2) is 0 Å². The summed E-state index contributed by atoms with van der Waals surface area (Å²) in [4.78, 5) is 27.9. The summed E-state index contributed by atoms with van der Waals surface area (Å²) in [5.41, 5.74) is 0.972. The number of ether oxygens (including phenoxy) is 1. The van der Waals surface area contributed by atoms with Gasteiger partial charge in [-0.15, -0.1) is 0 Å². The van der Waals surface area contributed by atoms with E-state index >= 15 is 0 Å². The summed E-state index contributed by atoms with van der Waals surface area (Å²) in [5, 5.41) is 2.92. The molecule has 2 aliphatic heterocycles. The van der Waals surface area contributed by atoms with Crippen LogP contribution in [0.5, 0.6) is 5.75 Å². The fraction of sp³-hybridized carbons (Fsp3) is 0.333. The fourth-order valence-corrected chi connectivity index (χ4v) is 4.11. The van der Waals surface area contributed by atoms with E-state index in [4.69, 9.17) is 4.74 Å². The summed E-state index contributed by atoms with van der Waals surface area (Å²) in [6.07, 6.45) is 0.582. The van der Waals surface area contributed by atoms with Gasteiger partial charge in [0.1, 0.15) is 11.7 Å². The van der Waals surface area contributed by atoms with Crippen molar-refractivity contribution in [3.63, 3.8) is 0 Å². The number of nitrogens with one attached hydrogen (secondary N) is 1. The Morgan fingerprint density at radius 3 is 2.62 bits per heavy atom. The van der Waals surface area contributed by atoms with Crippen molar-refractivity contribution in [2.24, 2.45) is 5.92 Å². The van der Waals surface area contributed by atoms with Crippen LogP contribution in [0.15, 0.2) is 54.6 Å². The second kappa shape index (κ2) is 6.16. The van der Waals surface area contributed by atoms with Gasteiger partial charge in [-0.05, 0) is 37.6 Å². The molecule has 134 valence electrons. The maximum absolute atomic E-state index is 13.4. The van der Waals surface area contributed by atoms with Gasteiger partial charge in [0.15, 0.2) is 5.72 Å². The summed E-state index contributed by atoms with van der Waals surface area (Å²) < 4.78 is 6.00. The standard InChI is InChI=1S/C21H22N2O3/c1-3-23(14-9-5-4-6-10-14)20(25)18-16-13-21(2,22-19(18)24)26-17-12-8-7-11-15(16)17/h4-12,16,18H,3,13H2,1-2H3,(H,22,24)/t16-,18+,21-/m0/s1. The number of amides is 2. The first-order valence-corrected chi connectivity index (χ1v) is 8.99. The van der Waals surface area contributed by atoms with Crippen LogP contribution in [-0.2, 0) is 9.59 Å². The summed E-state index contributed by atoms with van der Waals surface area (Å²) in [6.45, 7) is 4.30. The van der Waals surface area contributed by atoms with Crippen LogP contribution in [0.2, 0.25) is 0 Å². The van der Waals surface area contributed by atoms with Crippen LogP contribution in [0, 0.1) is 5.92 Å². The second-order valence-electron chi connectivity index (χ2n) is 7.07. The number of carbonyl (C=O) groups excluding carboxylic acids is 2. The molecule has 0 aromatic heterocycles. The number of para-hydroxylation sites is 2. The third kappa shape index (κ3) is 2.64. The van der Waals surface area contributed by atoms with Crippen molar-refractivity contribution >= 4 is 17.5 Å². The Balaban J connectivity index is 1.74. The van der Waals surface area contributed by atoms with Gasteiger partial charge in [-0.2, -0.15) is 0 Å². The fourth-order valence-electron chi connectivity index (χ4n) is 4.11. The van der Waals surface area contributed by atoms with Crippen molar-refractivity contribution in [3.05, 3.63) is 60.2 Å². The zero-order valence-electron chi connectivity index (χ0n) is 14.9. The summed E-state index contributed by atoms with van der Waals surface area (Å²) in [5.74, 6) is -0.637. The predicted molar refractivity (Wildman–Crippen MR) is 98.9 cm³/mol. The summed E-state index contributed by atoms with van der Waals surface area (Å²) >= 11 is 0. The Hall–Kier alpha value is -2.82. The Morgan fingerprint density at radius 2 is 1.88 bits per heavy atom. The largest absolute Gasteiger partial charge is 0.468 e. The molecule has 1 saturated heterocycles. The average molecular weight is 350 g/mol. The van der Waals surface area contributed by atoms with Crippen molar-refractivity contribution in [1.29, 1.82) is 0 Å². The molecule has 2 aromatic rings. The topological polar surface area (TPSA) is 58.6 Å². The number of carbonyl (C=O) groups is 2. The van der Waals surface area contributed by atoms with Crippen molar-refractivity contribution in [3.8, 4) is 5.75 Å². The zero-order chi connectivity index (χ0) is 18.3. The molecule has 2 heterocycles. The van der Waals surface area contributed by atoms with E-state index in [-0.39, 0.29) is 17.7 Å². The zero-order valence-corrected chi connectivity index (χ0v) is 14.9. The second-order valence-corrected chi connectivity index (χ2v) is 7.07. The molecule has 5 nitrogen and oxygen atoms in total. The number of rotatable bonds is 3. The molecule has 3 atom stereocenters. The molecule has 0 radical (unpaired) electrons. The lowest BCUT2D eigenvalue weighted by Gasteiger charge is -2.47. The van der Waals surface area contributed by atoms with E-state index in [1.807, 2.05) is 68.4 Å². The van der Waals surface area contributed by atoms with Crippen molar-refractivity contribution in [2.75, 3.05) is 11.4 Å². The van der Waals surface area contributed by atoms with Crippen molar-refractivity contribution in [2.45, 2.75) is 31.9 Å². The van der Waals surface area contributed by atoms with Crippen LogP contribution in [-0.4, -0.2) is 24.1 Å². The van der Waals surface area contributed by atoms with Crippen molar-refractivity contribution in [1.82, 2.24) is 5.32 Å². The van der Waals surface area contributed by atoms with E-state index in [0.717, 1.165) is 17.0 Å². The van der Waals surface area contributed by atoms with Gasteiger partial charge in [0.05, 0.1) is 0 Å². The molecule has 4 rings (SSSR count). The van der Waals surface area contributed by atoms with Gasteiger partial charge in [0.2, 0.25) is 11.8 Å². The third-order valence-electron chi connectivity index (χ3n) is 5.25. The van der Waals surface area contributed by atoms with E-state index in [9.17, 15) is 9.59 Å². The lowest BCUT2D eigenvalue weighted by Crippen LogP contribution is -2.63. The maximum Gasteiger partial charge on any atom is 0.240 e.